The van der Waals surface area contributed by atoms with E-state index in [2.05, 4.69) is 0 Å². The van der Waals surface area contributed by atoms with Crippen LogP contribution in [0.1, 0.15) is 25.8 Å². The highest BCUT2D eigenvalue weighted by Crippen LogP contribution is 2.21. The van der Waals surface area contributed by atoms with Gasteiger partial charge in [0.15, 0.2) is 11.3 Å². The Hall–Kier alpha value is -2.28. The van der Waals surface area contributed by atoms with Crippen LogP contribution in [-0.4, -0.2) is 19.2 Å². The van der Waals surface area contributed by atoms with E-state index in [0.717, 1.165) is 6.42 Å². The van der Waals surface area contributed by atoms with Gasteiger partial charge < -0.3 is 9.47 Å². The molecule has 4 nitrogen and oxygen atoms in total. The van der Waals surface area contributed by atoms with Gasteiger partial charge in [0.1, 0.15) is 6.07 Å². The lowest BCUT2D eigenvalue weighted by Crippen LogP contribution is -2.10. The average Bonchev–Trinajstić information content (AvgIpc) is 2.44. The number of benzene rings is 1. The second kappa shape index (κ2) is 7.93. The van der Waals surface area contributed by atoms with Crippen molar-refractivity contribution in [3.63, 3.8) is 0 Å². The molecule has 0 heterocycles. The fourth-order valence-electron chi connectivity index (χ4n) is 1.49. The Morgan fingerprint density at radius 2 is 1.89 bits per heavy atom. The fourth-order valence-corrected chi connectivity index (χ4v) is 1.49. The highest BCUT2D eigenvalue weighted by Gasteiger charge is 2.19. The van der Waals surface area contributed by atoms with E-state index in [-0.39, 0.29) is 17.9 Å². The van der Waals surface area contributed by atoms with Gasteiger partial charge in [0, 0.05) is 5.56 Å². The maximum Gasteiger partial charge on any atom is 0.352 e. The zero-order valence-electron chi connectivity index (χ0n) is 11.2. The summed E-state index contributed by atoms with van der Waals surface area (Å²) in [6.45, 7) is 4.32. The molecule has 0 aromatic heterocycles. The van der Waals surface area contributed by atoms with Gasteiger partial charge in [-0.25, -0.2) is 4.79 Å². The van der Waals surface area contributed by atoms with E-state index in [4.69, 9.17) is 14.7 Å². The number of rotatable bonds is 6. The summed E-state index contributed by atoms with van der Waals surface area (Å²) in [5.74, 6) is -0.372. The van der Waals surface area contributed by atoms with Gasteiger partial charge in [0.05, 0.1) is 13.2 Å². The molecule has 100 valence electrons. The van der Waals surface area contributed by atoms with Crippen LogP contribution in [-0.2, 0) is 14.3 Å². The number of hydrogen-bond donors (Lipinski definition) is 0. The van der Waals surface area contributed by atoms with Crippen LogP contribution < -0.4 is 0 Å². The van der Waals surface area contributed by atoms with Crippen LogP contribution in [0.3, 0.4) is 0 Å². The zero-order valence-corrected chi connectivity index (χ0v) is 11.2. The number of carbonyl (C=O) groups is 1. The third-order valence-electron chi connectivity index (χ3n) is 2.30. The lowest BCUT2D eigenvalue weighted by atomic mass is 10.1. The third kappa shape index (κ3) is 4.14. The number of carbonyl (C=O) groups excluding carboxylic acids is 1. The Balaban J connectivity index is 3.20. The van der Waals surface area contributed by atoms with Crippen molar-refractivity contribution < 1.29 is 14.3 Å². The van der Waals surface area contributed by atoms with Gasteiger partial charge in [0.2, 0.25) is 0 Å². The van der Waals surface area contributed by atoms with Crippen LogP contribution in [0.15, 0.2) is 35.9 Å². The zero-order chi connectivity index (χ0) is 14.1. The molecular formula is C15H17NO3. The van der Waals surface area contributed by atoms with Gasteiger partial charge >= 0.3 is 5.97 Å². The molecule has 0 aliphatic carbocycles. The summed E-state index contributed by atoms with van der Waals surface area (Å²) in [6.07, 6.45) is 0.790. The molecular weight excluding hydrogens is 242 g/mol. The molecule has 0 fully saturated rings. The van der Waals surface area contributed by atoms with Crippen molar-refractivity contribution in [3.05, 3.63) is 41.5 Å². The summed E-state index contributed by atoms with van der Waals surface area (Å²) >= 11 is 0. The molecule has 0 atom stereocenters. The third-order valence-corrected chi connectivity index (χ3v) is 2.30. The molecule has 0 spiro atoms. The van der Waals surface area contributed by atoms with Crippen molar-refractivity contribution in [1.29, 1.82) is 5.26 Å². The first-order valence-corrected chi connectivity index (χ1v) is 6.24. The molecule has 19 heavy (non-hydrogen) atoms. The fraction of sp³-hybridized carbons (Fsp3) is 0.333. The molecule has 0 radical (unpaired) electrons. The second-order valence-electron chi connectivity index (χ2n) is 3.75. The summed E-state index contributed by atoms with van der Waals surface area (Å²) < 4.78 is 10.4. The maximum absolute atomic E-state index is 11.8. The lowest BCUT2D eigenvalue weighted by Gasteiger charge is -2.12. The largest absolute Gasteiger partial charge is 0.491 e. The van der Waals surface area contributed by atoms with Crippen molar-refractivity contribution in [2.24, 2.45) is 0 Å². The summed E-state index contributed by atoms with van der Waals surface area (Å²) in [7, 11) is 0. The minimum atomic E-state index is -0.653. The predicted octanol–water partition coefficient (Wildman–Crippen LogP) is 2.91. The van der Waals surface area contributed by atoms with Gasteiger partial charge in [-0.05, 0) is 13.3 Å². The average molecular weight is 259 g/mol. The molecule has 0 unspecified atom stereocenters. The molecule has 4 heteroatoms. The van der Waals surface area contributed by atoms with E-state index in [9.17, 15) is 4.79 Å². The summed E-state index contributed by atoms with van der Waals surface area (Å²) in [5, 5.41) is 9.17. The standard InChI is InChI=1S/C15H17NO3/c1-3-10-19-14(12-8-6-5-7-9-12)13(11-16)15(17)18-4-2/h5-9H,3-4,10H2,1-2H3/b14-13-. The highest BCUT2D eigenvalue weighted by atomic mass is 16.5. The Kier molecular flexibility index (Phi) is 6.17. The first-order chi connectivity index (χ1) is 9.24. The Labute approximate surface area is 113 Å². The normalized spacial score (nSPS) is 11.2. The van der Waals surface area contributed by atoms with Crippen LogP contribution in [0.25, 0.3) is 5.76 Å². The van der Waals surface area contributed by atoms with Crippen molar-refractivity contribution in [3.8, 4) is 6.07 Å². The van der Waals surface area contributed by atoms with E-state index in [1.807, 2.05) is 31.2 Å². The molecule has 0 bridgehead atoms. The number of hydrogen-bond acceptors (Lipinski definition) is 4. The second-order valence-corrected chi connectivity index (χ2v) is 3.75. The van der Waals surface area contributed by atoms with Gasteiger partial charge in [0.25, 0.3) is 0 Å². The predicted molar refractivity (Wildman–Crippen MR) is 71.9 cm³/mol. The van der Waals surface area contributed by atoms with Gasteiger partial charge in [-0.2, -0.15) is 5.26 Å². The smallest absolute Gasteiger partial charge is 0.352 e. The summed E-state index contributed by atoms with van der Waals surface area (Å²) in [5.41, 5.74) is 0.599. The van der Waals surface area contributed by atoms with E-state index < -0.39 is 5.97 Å². The van der Waals surface area contributed by atoms with Crippen LogP contribution in [0, 0.1) is 11.3 Å². The molecule has 1 aromatic rings. The Morgan fingerprint density at radius 3 is 2.42 bits per heavy atom. The Bertz CT molecular complexity index is 486. The van der Waals surface area contributed by atoms with E-state index in [1.54, 1.807) is 19.1 Å². The topological polar surface area (TPSA) is 59.3 Å². The first-order valence-electron chi connectivity index (χ1n) is 6.24. The van der Waals surface area contributed by atoms with Crippen molar-refractivity contribution in [1.82, 2.24) is 0 Å². The molecule has 0 saturated heterocycles. The molecule has 0 aliphatic rings. The molecule has 0 saturated carbocycles. The Morgan fingerprint density at radius 1 is 1.21 bits per heavy atom. The monoisotopic (exact) mass is 259 g/mol. The number of nitrogens with zero attached hydrogens (tertiary/aromatic N) is 1. The number of ether oxygens (including phenoxy) is 2. The molecule has 0 amide bonds. The minimum absolute atomic E-state index is 0.0958. The quantitative estimate of drug-likeness (QED) is 0.341. The van der Waals surface area contributed by atoms with E-state index in [1.165, 1.54) is 0 Å². The summed E-state index contributed by atoms with van der Waals surface area (Å²) in [6, 6.07) is 11.0. The molecule has 0 aliphatic heterocycles. The van der Waals surface area contributed by atoms with Crippen LogP contribution >= 0.6 is 0 Å². The van der Waals surface area contributed by atoms with Crippen molar-refractivity contribution in [2.45, 2.75) is 20.3 Å². The number of esters is 1. The van der Waals surface area contributed by atoms with Crippen LogP contribution in [0.2, 0.25) is 0 Å². The van der Waals surface area contributed by atoms with E-state index in [0.29, 0.717) is 12.2 Å². The van der Waals surface area contributed by atoms with Crippen molar-refractivity contribution >= 4 is 11.7 Å². The lowest BCUT2D eigenvalue weighted by molar-refractivity contribution is -0.138. The SMILES string of the molecule is CCCO/C(=C(/C#N)C(=O)OCC)c1ccccc1. The van der Waals surface area contributed by atoms with Gasteiger partial charge in [-0.15, -0.1) is 0 Å². The minimum Gasteiger partial charge on any atom is -0.491 e. The van der Waals surface area contributed by atoms with Crippen LogP contribution in [0.5, 0.6) is 0 Å². The van der Waals surface area contributed by atoms with Crippen molar-refractivity contribution in [2.75, 3.05) is 13.2 Å². The summed E-state index contributed by atoms with van der Waals surface area (Å²) in [4.78, 5) is 11.8. The molecule has 1 aromatic carbocycles. The van der Waals surface area contributed by atoms with Crippen LogP contribution in [0.4, 0.5) is 0 Å². The first kappa shape index (κ1) is 14.8. The van der Waals surface area contributed by atoms with E-state index >= 15 is 0 Å². The van der Waals surface area contributed by atoms with Gasteiger partial charge in [-0.3, -0.25) is 0 Å². The maximum atomic E-state index is 11.8. The van der Waals surface area contributed by atoms with Gasteiger partial charge in [-0.1, -0.05) is 37.3 Å². The molecule has 0 N–H and O–H groups in total. The highest BCUT2D eigenvalue weighted by molar-refractivity contribution is 6.00. The number of nitriles is 1. The molecule has 1 rings (SSSR count).